The van der Waals surface area contributed by atoms with Crippen LogP contribution < -0.4 is 0 Å². The Labute approximate surface area is 118 Å². The van der Waals surface area contributed by atoms with Crippen LogP contribution in [0, 0.1) is 0 Å². The lowest BCUT2D eigenvalue weighted by atomic mass is 10.1. The van der Waals surface area contributed by atoms with E-state index in [-0.39, 0.29) is 6.10 Å². The van der Waals surface area contributed by atoms with Gasteiger partial charge < -0.3 is 4.74 Å². The Bertz CT molecular complexity index is 516. The molecule has 6 heteroatoms. The standard InChI is InChI=1S/C14H19N5O/c1-12(13-3-2-4-15-7-13)18-5-6-20-14(8-18)9-19-11-16-10-17-19/h2-4,7,10-12,14H,5-6,8-9H2,1H3. The van der Waals surface area contributed by atoms with Gasteiger partial charge in [0.2, 0.25) is 0 Å². The fourth-order valence-electron chi connectivity index (χ4n) is 2.57. The van der Waals surface area contributed by atoms with Crippen molar-refractivity contribution in [1.29, 1.82) is 0 Å². The minimum Gasteiger partial charge on any atom is -0.374 e. The van der Waals surface area contributed by atoms with E-state index in [1.54, 1.807) is 12.7 Å². The van der Waals surface area contributed by atoms with Gasteiger partial charge in [0, 0.05) is 31.5 Å². The summed E-state index contributed by atoms with van der Waals surface area (Å²) < 4.78 is 7.64. The van der Waals surface area contributed by atoms with Crippen LogP contribution in [0.5, 0.6) is 0 Å². The summed E-state index contributed by atoms with van der Waals surface area (Å²) in [7, 11) is 0. The summed E-state index contributed by atoms with van der Waals surface area (Å²) in [6, 6.07) is 4.46. The molecular formula is C14H19N5O. The molecule has 2 aromatic heterocycles. The first kappa shape index (κ1) is 13.2. The molecule has 3 heterocycles. The van der Waals surface area contributed by atoms with E-state index in [0.29, 0.717) is 6.04 Å². The van der Waals surface area contributed by atoms with Crippen LogP contribution in [0.15, 0.2) is 37.2 Å². The summed E-state index contributed by atoms with van der Waals surface area (Å²) in [4.78, 5) is 10.6. The maximum atomic E-state index is 5.82. The summed E-state index contributed by atoms with van der Waals surface area (Å²) in [5.41, 5.74) is 1.24. The Kier molecular flexibility index (Phi) is 4.03. The largest absolute Gasteiger partial charge is 0.374 e. The Hall–Kier alpha value is -1.79. The highest BCUT2D eigenvalue weighted by Gasteiger charge is 2.25. The normalized spacial score (nSPS) is 21.8. The fraction of sp³-hybridized carbons (Fsp3) is 0.500. The van der Waals surface area contributed by atoms with Gasteiger partial charge in [-0.3, -0.25) is 14.6 Å². The molecule has 2 atom stereocenters. The maximum Gasteiger partial charge on any atom is 0.137 e. The van der Waals surface area contributed by atoms with Crippen molar-refractivity contribution in [3.05, 3.63) is 42.7 Å². The molecule has 1 aliphatic rings. The number of nitrogens with zero attached hydrogens (tertiary/aromatic N) is 5. The minimum absolute atomic E-state index is 0.157. The van der Waals surface area contributed by atoms with Crippen LogP contribution in [-0.2, 0) is 11.3 Å². The Balaban J connectivity index is 1.63. The van der Waals surface area contributed by atoms with Crippen LogP contribution in [0.25, 0.3) is 0 Å². The molecule has 0 spiro atoms. The highest BCUT2D eigenvalue weighted by Crippen LogP contribution is 2.22. The highest BCUT2D eigenvalue weighted by atomic mass is 16.5. The van der Waals surface area contributed by atoms with Gasteiger partial charge in [0.15, 0.2) is 0 Å². The number of hydrogen-bond donors (Lipinski definition) is 0. The zero-order valence-corrected chi connectivity index (χ0v) is 11.6. The van der Waals surface area contributed by atoms with E-state index >= 15 is 0 Å². The molecule has 2 aromatic rings. The fourth-order valence-corrected chi connectivity index (χ4v) is 2.57. The molecule has 0 N–H and O–H groups in total. The van der Waals surface area contributed by atoms with Crippen molar-refractivity contribution < 1.29 is 4.74 Å². The van der Waals surface area contributed by atoms with Gasteiger partial charge in [0.05, 0.1) is 19.3 Å². The summed E-state index contributed by atoms with van der Waals surface area (Å²) in [6.45, 7) is 5.56. The van der Waals surface area contributed by atoms with E-state index in [2.05, 4.69) is 33.0 Å². The Morgan fingerprint density at radius 3 is 3.15 bits per heavy atom. The third kappa shape index (κ3) is 3.02. The quantitative estimate of drug-likeness (QED) is 0.836. The summed E-state index contributed by atoms with van der Waals surface area (Å²) in [6.07, 6.45) is 7.19. The lowest BCUT2D eigenvalue weighted by molar-refractivity contribution is -0.0497. The van der Waals surface area contributed by atoms with Gasteiger partial charge in [-0.2, -0.15) is 5.10 Å². The molecular weight excluding hydrogens is 254 g/mol. The van der Waals surface area contributed by atoms with Gasteiger partial charge in [-0.15, -0.1) is 0 Å². The van der Waals surface area contributed by atoms with Crippen molar-refractivity contribution in [3.8, 4) is 0 Å². The summed E-state index contributed by atoms with van der Waals surface area (Å²) >= 11 is 0. The Morgan fingerprint density at radius 1 is 1.45 bits per heavy atom. The zero-order valence-electron chi connectivity index (χ0n) is 11.6. The third-order valence-corrected chi connectivity index (χ3v) is 3.74. The van der Waals surface area contributed by atoms with E-state index in [1.165, 1.54) is 5.56 Å². The van der Waals surface area contributed by atoms with Crippen molar-refractivity contribution in [2.75, 3.05) is 19.7 Å². The van der Waals surface area contributed by atoms with E-state index in [9.17, 15) is 0 Å². The molecule has 20 heavy (non-hydrogen) atoms. The molecule has 0 aromatic carbocycles. The highest BCUT2D eigenvalue weighted by molar-refractivity contribution is 5.13. The van der Waals surface area contributed by atoms with Gasteiger partial charge in [-0.05, 0) is 18.6 Å². The van der Waals surface area contributed by atoms with Crippen LogP contribution in [-0.4, -0.2) is 50.4 Å². The van der Waals surface area contributed by atoms with E-state index < -0.39 is 0 Å². The number of rotatable bonds is 4. The van der Waals surface area contributed by atoms with Crippen LogP contribution >= 0.6 is 0 Å². The number of aromatic nitrogens is 4. The second-order valence-corrected chi connectivity index (χ2v) is 5.07. The summed E-state index contributed by atoms with van der Waals surface area (Å²) in [5, 5.41) is 4.14. The predicted molar refractivity (Wildman–Crippen MR) is 74.0 cm³/mol. The van der Waals surface area contributed by atoms with Crippen LogP contribution in [0.3, 0.4) is 0 Å². The van der Waals surface area contributed by atoms with Gasteiger partial charge in [-0.1, -0.05) is 6.07 Å². The lowest BCUT2D eigenvalue weighted by Gasteiger charge is -2.36. The van der Waals surface area contributed by atoms with Crippen LogP contribution in [0.4, 0.5) is 0 Å². The van der Waals surface area contributed by atoms with Gasteiger partial charge in [0.1, 0.15) is 12.7 Å². The van der Waals surface area contributed by atoms with Gasteiger partial charge in [-0.25, -0.2) is 4.98 Å². The second-order valence-electron chi connectivity index (χ2n) is 5.07. The molecule has 0 radical (unpaired) electrons. The zero-order chi connectivity index (χ0) is 13.8. The maximum absolute atomic E-state index is 5.82. The van der Waals surface area contributed by atoms with Crippen LogP contribution in [0.1, 0.15) is 18.5 Å². The first-order valence-corrected chi connectivity index (χ1v) is 6.91. The van der Waals surface area contributed by atoms with E-state index in [1.807, 2.05) is 23.1 Å². The molecule has 6 nitrogen and oxygen atoms in total. The number of pyridine rings is 1. The first-order chi connectivity index (χ1) is 9.83. The second kappa shape index (κ2) is 6.11. The van der Waals surface area contributed by atoms with Crippen molar-refractivity contribution in [1.82, 2.24) is 24.6 Å². The molecule has 0 aliphatic carbocycles. The van der Waals surface area contributed by atoms with Gasteiger partial charge >= 0.3 is 0 Å². The molecule has 0 saturated carbocycles. The molecule has 0 amide bonds. The number of hydrogen-bond acceptors (Lipinski definition) is 5. The monoisotopic (exact) mass is 273 g/mol. The average molecular weight is 273 g/mol. The molecule has 106 valence electrons. The molecule has 3 rings (SSSR count). The van der Waals surface area contributed by atoms with Crippen molar-refractivity contribution >= 4 is 0 Å². The van der Waals surface area contributed by atoms with E-state index in [0.717, 1.165) is 26.2 Å². The summed E-state index contributed by atoms with van der Waals surface area (Å²) in [5.74, 6) is 0. The van der Waals surface area contributed by atoms with Crippen molar-refractivity contribution in [3.63, 3.8) is 0 Å². The molecule has 0 bridgehead atoms. The minimum atomic E-state index is 0.157. The molecule has 1 fully saturated rings. The molecule has 2 unspecified atom stereocenters. The molecule has 1 saturated heterocycles. The third-order valence-electron chi connectivity index (χ3n) is 3.74. The number of ether oxygens (including phenoxy) is 1. The first-order valence-electron chi connectivity index (χ1n) is 6.91. The SMILES string of the molecule is CC(c1cccnc1)N1CCOC(Cn2cncn2)C1. The van der Waals surface area contributed by atoms with E-state index in [4.69, 9.17) is 4.74 Å². The predicted octanol–water partition coefficient (Wildman–Crippen LogP) is 1.14. The number of morpholine rings is 1. The van der Waals surface area contributed by atoms with Gasteiger partial charge in [0.25, 0.3) is 0 Å². The molecule has 1 aliphatic heterocycles. The average Bonchev–Trinajstić information content (AvgIpc) is 3.01. The van der Waals surface area contributed by atoms with Crippen LogP contribution in [0.2, 0.25) is 0 Å². The smallest absolute Gasteiger partial charge is 0.137 e. The Morgan fingerprint density at radius 2 is 2.40 bits per heavy atom. The lowest BCUT2D eigenvalue weighted by Crippen LogP contribution is -2.45. The topological polar surface area (TPSA) is 56.1 Å². The van der Waals surface area contributed by atoms with Crippen molar-refractivity contribution in [2.45, 2.75) is 25.6 Å². The van der Waals surface area contributed by atoms with Crippen molar-refractivity contribution in [2.24, 2.45) is 0 Å².